The monoisotopic (exact) mass is 254 g/mol. The first-order chi connectivity index (χ1) is 7.68. The van der Waals surface area contributed by atoms with Gasteiger partial charge in [-0.15, -0.1) is 12.4 Å². The van der Waals surface area contributed by atoms with Gasteiger partial charge in [0, 0.05) is 31.7 Å². The molecule has 0 atom stereocenters. The van der Waals surface area contributed by atoms with Crippen LogP contribution in [0.2, 0.25) is 0 Å². The summed E-state index contributed by atoms with van der Waals surface area (Å²) in [7, 11) is 0. The Balaban J connectivity index is 0.00000144. The molecule has 0 aliphatic carbocycles. The van der Waals surface area contributed by atoms with E-state index in [0.29, 0.717) is 0 Å². The molecule has 1 aliphatic rings. The van der Waals surface area contributed by atoms with Crippen LogP contribution in [0.5, 0.6) is 0 Å². The molecule has 0 aromatic heterocycles. The summed E-state index contributed by atoms with van der Waals surface area (Å²) in [5.74, 6) is 0.169. The van der Waals surface area contributed by atoms with Crippen LogP contribution < -0.4 is 5.32 Å². The highest BCUT2D eigenvalue weighted by Gasteiger charge is 2.19. The average Bonchev–Trinajstić information content (AvgIpc) is 2.32. The molecule has 94 valence electrons. The van der Waals surface area contributed by atoms with Crippen molar-refractivity contribution < 1.29 is 4.79 Å². The van der Waals surface area contributed by atoms with Gasteiger partial charge >= 0.3 is 0 Å². The SMILES string of the molecule is Cc1ccc(C)c(C(=O)N2CCNCC2)c1.Cl. The maximum Gasteiger partial charge on any atom is 0.254 e. The fourth-order valence-electron chi connectivity index (χ4n) is 2.00. The van der Waals surface area contributed by atoms with Crippen molar-refractivity contribution >= 4 is 18.3 Å². The van der Waals surface area contributed by atoms with Crippen molar-refractivity contribution in [3.05, 3.63) is 34.9 Å². The first kappa shape index (κ1) is 14.0. The number of piperazine rings is 1. The average molecular weight is 255 g/mol. The molecule has 1 fully saturated rings. The lowest BCUT2D eigenvalue weighted by atomic mass is 10.0. The predicted molar refractivity (Wildman–Crippen MR) is 71.9 cm³/mol. The molecule has 0 bridgehead atoms. The van der Waals surface area contributed by atoms with E-state index >= 15 is 0 Å². The van der Waals surface area contributed by atoms with E-state index in [9.17, 15) is 4.79 Å². The van der Waals surface area contributed by atoms with Gasteiger partial charge in [-0.1, -0.05) is 17.7 Å². The topological polar surface area (TPSA) is 32.3 Å². The quantitative estimate of drug-likeness (QED) is 0.829. The van der Waals surface area contributed by atoms with Gasteiger partial charge in [0.15, 0.2) is 0 Å². The van der Waals surface area contributed by atoms with Crippen LogP contribution in [0.25, 0.3) is 0 Å². The van der Waals surface area contributed by atoms with Gasteiger partial charge in [-0.05, 0) is 25.5 Å². The van der Waals surface area contributed by atoms with Gasteiger partial charge in [-0.25, -0.2) is 0 Å². The van der Waals surface area contributed by atoms with Gasteiger partial charge < -0.3 is 10.2 Å². The number of carbonyl (C=O) groups is 1. The minimum absolute atomic E-state index is 0. The molecule has 1 heterocycles. The highest BCUT2D eigenvalue weighted by molar-refractivity contribution is 5.95. The van der Waals surface area contributed by atoms with E-state index in [0.717, 1.165) is 42.9 Å². The van der Waals surface area contributed by atoms with Gasteiger partial charge in [0.05, 0.1) is 0 Å². The van der Waals surface area contributed by atoms with E-state index in [2.05, 4.69) is 5.32 Å². The third-order valence-corrected chi connectivity index (χ3v) is 3.03. The Morgan fingerprint density at radius 1 is 1.24 bits per heavy atom. The molecule has 1 saturated heterocycles. The van der Waals surface area contributed by atoms with Crippen LogP contribution in [0.1, 0.15) is 21.5 Å². The molecule has 1 aromatic carbocycles. The summed E-state index contributed by atoms with van der Waals surface area (Å²) < 4.78 is 0. The van der Waals surface area contributed by atoms with Gasteiger partial charge in [-0.3, -0.25) is 4.79 Å². The molecule has 1 amide bonds. The smallest absolute Gasteiger partial charge is 0.254 e. The third kappa shape index (κ3) is 3.20. The number of benzene rings is 1. The predicted octanol–water partition coefficient (Wildman–Crippen LogP) is 1.77. The zero-order valence-electron chi connectivity index (χ0n) is 10.3. The zero-order valence-corrected chi connectivity index (χ0v) is 11.1. The Morgan fingerprint density at radius 3 is 2.53 bits per heavy atom. The fraction of sp³-hybridized carbons (Fsp3) is 0.462. The normalized spacial score (nSPS) is 15.3. The number of carbonyl (C=O) groups excluding carboxylic acids is 1. The molecule has 2 rings (SSSR count). The molecule has 1 aliphatic heterocycles. The number of amides is 1. The van der Waals surface area contributed by atoms with Crippen LogP contribution in [0.15, 0.2) is 18.2 Å². The molecule has 1 N–H and O–H groups in total. The van der Waals surface area contributed by atoms with Crippen LogP contribution in [0.4, 0.5) is 0 Å². The van der Waals surface area contributed by atoms with Crippen LogP contribution >= 0.6 is 12.4 Å². The second kappa shape index (κ2) is 6.03. The molecule has 0 saturated carbocycles. The second-order valence-electron chi connectivity index (χ2n) is 4.36. The maximum atomic E-state index is 12.3. The van der Waals surface area contributed by atoms with Gasteiger partial charge in [-0.2, -0.15) is 0 Å². The molecule has 0 spiro atoms. The lowest BCUT2D eigenvalue weighted by Crippen LogP contribution is -2.46. The minimum Gasteiger partial charge on any atom is -0.336 e. The molecular formula is C13H19ClN2O. The van der Waals surface area contributed by atoms with Crippen molar-refractivity contribution in [2.24, 2.45) is 0 Å². The molecule has 1 aromatic rings. The van der Waals surface area contributed by atoms with Gasteiger partial charge in [0.2, 0.25) is 0 Å². The first-order valence-electron chi connectivity index (χ1n) is 5.76. The Morgan fingerprint density at radius 2 is 1.88 bits per heavy atom. The number of aryl methyl sites for hydroxylation is 2. The van der Waals surface area contributed by atoms with Crippen molar-refractivity contribution in [1.29, 1.82) is 0 Å². The number of rotatable bonds is 1. The lowest BCUT2D eigenvalue weighted by molar-refractivity contribution is 0.0735. The van der Waals surface area contributed by atoms with Crippen molar-refractivity contribution in [2.45, 2.75) is 13.8 Å². The lowest BCUT2D eigenvalue weighted by Gasteiger charge is -2.28. The summed E-state index contributed by atoms with van der Waals surface area (Å²) in [6.07, 6.45) is 0. The summed E-state index contributed by atoms with van der Waals surface area (Å²) in [4.78, 5) is 14.2. The van der Waals surface area contributed by atoms with Crippen LogP contribution in [-0.4, -0.2) is 37.0 Å². The number of halogens is 1. The van der Waals surface area contributed by atoms with Crippen molar-refractivity contribution in [3.63, 3.8) is 0 Å². The summed E-state index contributed by atoms with van der Waals surface area (Å²) >= 11 is 0. The van der Waals surface area contributed by atoms with Crippen LogP contribution in [0.3, 0.4) is 0 Å². The van der Waals surface area contributed by atoms with Gasteiger partial charge in [0.1, 0.15) is 0 Å². The molecule has 0 unspecified atom stereocenters. The Hall–Kier alpha value is -1.06. The standard InChI is InChI=1S/C13H18N2O.ClH/c1-10-3-4-11(2)12(9-10)13(16)15-7-5-14-6-8-15;/h3-4,9,14H,5-8H2,1-2H3;1H. The van der Waals surface area contributed by atoms with E-state index < -0.39 is 0 Å². The second-order valence-corrected chi connectivity index (χ2v) is 4.36. The number of nitrogens with one attached hydrogen (secondary N) is 1. The molecular weight excluding hydrogens is 236 g/mol. The van der Waals surface area contributed by atoms with Crippen LogP contribution in [-0.2, 0) is 0 Å². The molecule has 17 heavy (non-hydrogen) atoms. The summed E-state index contributed by atoms with van der Waals surface area (Å²) in [6, 6.07) is 6.05. The summed E-state index contributed by atoms with van der Waals surface area (Å²) in [5.41, 5.74) is 3.06. The van der Waals surface area contributed by atoms with Crippen LogP contribution in [0, 0.1) is 13.8 Å². The van der Waals surface area contributed by atoms with Crippen molar-refractivity contribution in [2.75, 3.05) is 26.2 Å². The Bertz CT molecular complexity index is 400. The minimum atomic E-state index is 0. The van der Waals surface area contributed by atoms with E-state index in [-0.39, 0.29) is 18.3 Å². The Labute approximate surface area is 109 Å². The number of hydrogen-bond donors (Lipinski definition) is 1. The molecule has 3 nitrogen and oxygen atoms in total. The first-order valence-corrected chi connectivity index (χ1v) is 5.76. The zero-order chi connectivity index (χ0) is 11.5. The van der Waals surface area contributed by atoms with E-state index in [1.807, 2.05) is 36.9 Å². The molecule has 0 radical (unpaired) electrons. The molecule has 4 heteroatoms. The van der Waals surface area contributed by atoms with Crippen molar-refractivity contribution in [1.82, 2.24) is 10.2 Å². The third-order valence-electron chi connectivity index (χ3n) is 3.03. The van der Waals surface area contributed by atoms with E-state index in [1.54, 1.807) is 0 Å². The highest BCUT2D eigenvalue weighted by Crippen LogP contribution is 2.13. The fourth-order valence-corrected chi connectivity index (χ4v) is 2.00. The number of nitrogens with zero attached hydrogens (tertiary/aromatic N) is 1. The number of hydrogen-bond acceptors (Lipinski definition) is 2. The highest BCUT2D eigenvalue weighted by atomic mass is 35.5. The van der Waals surface area contributed by atoms with Crippen molar-refractivity contribution in [3.8, 4) is 0 Å². The van der Waals surface area contributed by atoms with E-state index in [4.69, 9.17) is 0 Å². The van der Waals surface area contributed by atoms with E-state index in [1.165, 1.54) is 0 Å². The Kier molecular flexibility index (Phi) is 4.97. The largest absolute Gasteiger partial charge is 0.336 e. The summed E-state index contributed by atoms with van der Waals surface area (Å²) in [6.45, 7) is 7.44. The maximum absolute atomic E-state index is 12.3. The van der Waals surface area contributed by atoms with Gasteiger partial charge in [0.25, 0.3) is 5.91 Å². The summed E-state index contributed by atoms with van der Waals surface area (Å²) in [5, 5.41) is 3.25.